The van der Waals surface area contributed by atoms with E-state index >= 15 is 0 Å². The Hall–Kier alpha value is -0.910. The number of urea groups is 1. The molecule has 0 aromatic rings. The largest absolute Gasteiger partial charge is 0.353 e. The van der Waals surface area contributed by atoms with Crippen LogP contribution in [0.3, 0.4) is 0 Å². The molecule has 1 aliphatic rings. The van der Waals surface area contributed by atoms with E-state index in [0.717, 1.165) is 4.90 Å². The Kier molecular flexibility index (Phi) is 4.90. The minimum Gasteiger partial charge on any atom is -0.312 e. The quantitative estimate of drug-likeness (QED) is 0.712. The van der Waals surface area contributed by atoms with Crippen molar-refractivity contribution in [2.45, 2.75) is 26.1 Å². The zero-order valence-electron chi connectivity index (χ0n) is 11.1. The molecule has 0 unspecified atom stereocenters. The second-order valence-corrected chi connectivity index (χ2v) is 6.10. The highest BCUT2D eigenvalue weighted by molar-refractivity contribution is 7.54. The van der Waals surface area contributed by atoms with E-state index in [2.05, 4.69) is 0 Å². The summed E-state index contributed by atoms with van der Waals surface area (Å²) in [6.07, 6.45) is -0.0595. The van der Waals surface area contributed by atoms with E-state index in [4.69, 9.17) is 9.05 Å². The van der Waals surface area contributed by atoms with Crippen LogP contribution in [-0.4, -0.2) is 54.8 Å². The van der Waals surface area contributed by atoms with Gasteiger partial charge < -0.3 is 13.9 Å². The first-order valence-corrected chi connectivity index (χ1v) is 7.40. The molecule has 0 bridgehead atoms. The standard InChI is InChI=1S/C10H19N2O5P/c1-5-16-18(15,17-6-2)9-7-8(13)11(3)10(14)12(9)4/h9H,5-7H2,1-4H3/t9-/m0/s1. The van der Waals surface area contributed by atoms with Gasteiger partial charge in [-0.1, -0.05) is 0 Å². The van der Waals surface area contributed by atoms with Crippen molar-refractivity contribution in [3.63, 3.8) is 0 Å². The summed E-state index contributed by atoms with van der Waals surface area (Å²) in [6, 6.07) is -0.504. The maximum Gasteiger partial charge on any atom is 0.353 e. The third-order valence-corrected chi connectivity index (χ3v) is 5.25. The highest BCUT2D eigenvalue weighted by atomic mass is 31.2. The van der Waals surface area contributed by atoms with Crippen LogP contribution in [0.2, 0.25) is 0 Å². The Balaban J connectivity index is 3.01. The molecule has 0 aromatic heterocycles. The van der Waals surface area contributed by atoms with Crippen molar-refractivity contribution in [3.05, 3.63) is 0 Å². The molecule has 0 radical (unpaired) electrons. The molecule has 104 valence electrons. The number of nitrogens with zero attached hydrogens (tertiary/aromatic N) is 2. The van der Waals surface area contributed by atoms with E-state index in [1.54, 1.807) is 13.8 Å². The van der Waals surface area contributed by atoms with Crippen molar-refractivity contribution >= 4 is 19.5 Å². The smallest absolute Gasteiger partial charge is 0.312 e. The highest BCUT2D eigenvalue weighted by Crippen LogP contribution is 2.56. The maximum absolute atomic E-state index is 12.6. The van der Waals surface area contributed by atoms with E-state index in [-0.39, 0.29) is 25.5 Å². The van der Waals surface area contributed by atoms with Gasteiger partial charge in [0.25, 0.3) is 0 Å². The first-order chi connectivity index (χ1) is 8.37. The van der Waals surface area contributed by atoms with Gasteiger partial charge in [0.15, 0.2) is 0 Å². The van der Waals surface area contributed by atoms with Gasteiger partial charge in [0.2, 0.25) is 5.91 Å². The topological polar surface area (TPSA) is 76.1 Å². The van der Waals surface area contributed by atoms with Gasteiger partial charge in [-0.3, -0.25) is 14.3 Å². The molecule has 1 heterocycles. The van der Waals surface area contributed by atoms with E-state index in [1.807, 2.05) is 0 Å². The third kappa shape index (κ3) is 2.74. The maximum atomic E-state index is 12.6. The summed E-state index contributed by atoms with van der Waals surface area (Å²) in [6.45, 7) is 3.76. The van der Waals surface area contributed by atoms with Crippen molar-refractivity contribution in [3.8, 4) is 0 Å². The molecule has 18 heavy (non-hydrogen) atoms. The van der Waals surface area contributed by atoms with Crippen LogP contribution in [0.15, 0.2) is 0 Å². The molecule has 7 nitrogen and oxygen atoms in total. The van der Waals surface area contributed by atoms with Gasteiger partial charge in [-0.2, -0.15) is 0 Å². The predicted molar refractivity (Wildman–Crippen MR) is 65.2 cm³/mol. The number of rotatable bonds is 5. The van der Waals surface area contributed by atoms with Crippen molar-refractivity contribution in [2.75, 3.05) is 27.3 Å². The monoisotopic (exact) mass is 278 g/mol. The summed E-state index contributed by atoms with van der Waals surface area (Å²) in [7, 11) is -0.615. The lowest BCUT2D eigenvalue weighted by Gasteiger charge is -2.38. The SMILES string of the molecule is CCOP(=O)(OCC)[C@H]1CC(=O)N(C)C(=O)N1C. The van der Waals surface area contributed by atoms with Gasteiger partial charge in [0, 0.05) is 14.1 Å². The molecule has 8 heteroatoms. The van der Waals surface area contributed by atoms with Crippen LogP contribution in [0.1, 0.15) is 20.3 Å². The number of hydrogen-bond donors (Lipinski definition) is 0. The normalized spacial score (nSPS) is 21.7. The molecule has 1 aliphatic heterocycles. The first kappa shape index (κ1) is 15.1. The zero-order chi connectivity index (χ0) is 13.9. The molecule has 1 saturated heterocycles. The van der Waals surface area contributed by atoms with E-state index in [0.29, 0.717) is 0 Å². The van der Waals surface area contributed by atoms with Crippen LogP contribution >= 0.6 is 7.60 Å². The van der Waals surface area contributed by atoms with E-state index in [9.17, 15) is 14.2 Å². The molecule has 0 spiro atoms. The molecule has 0 N–H and O–H groups in total. The fourth-order valence-electron chi connectivity index (χ4n) is 1.79. The Morgan fingerprint density at radius 2 is 1.72 bits per heavy atom. The van der Waals surface area contributed by atoms with Crippen molar-refractivity contribution < 1.29 is 23.2 Å². The summed E-state index contributed by atoms with van der Waals surface area (Å²) < 4.78 is 22.9. The summed E-state index contributed by atoms with van der Waals surface area (Å²) >= 11 is 0. The average Bonchev–Trinajstić information content (AvgIpc) is 2.31. The van der Waals surface area contributed by atoms with Gasteiger partial charge >= 0.3 is 13.6 Å². The number of imide groups is 1. The van der Waals surface area contributed by atoms with Gasteiger partial charge in [-0.15, -0.1) is 0 Å². The van der Waals surface area contributed by atoms with Crippen LogP contribution in [0.5, 0.6) is 0 Å². The zero-order valence-corrected chi connectivity index (χ0v) is 12.0. The van der Waals surface area contributed by atoms with Crippen LogP contribution < -0.4 is 0 Å². The summed E-state index contributed by atoms with van der Waals surface area (Å²) in [4.78, 5) is 25.7. The van der Waals surface area contributed by atoms with Gasteiger partial charge in [-0.05, 0) is 13.8 Å². The van der Waals surface area contributed by atoms with Gasteiger partial charge in [-0.25, -0.2) is 4.79 Å². The van der Waals surface area contributed by atoms with Crippen molar-refractivity contribution in [2.24, 2.45) is 0 Å². The van der Waals surface area contributed by atoms with Crippen molar-refractivity contribution in [1.29, 1.82) is 0 Å². The Bertz CT molecular complexity index is 376. The fourth-order valence-corrected chi connectivity index (χ4v) is 3.84. The minimum absolute atomic E-state index is 0.0595. The molecular formula is C10H19N2O5P. The lowest BCUT2D eigenvalue weighted by Crippen LogP contribution is -2.53. The van der Waals surface area contributed by atoms with Crippen LogP contribution in [0.25, 0.3) is 0 Å². The van der Waals surface area contributed by atoms with E-state index < -0.39 is 19.4 Å². The lowest BCUT2D eigenvalue weighted by atomic mass is 10.3. The van der Waals surface area contributed by atoms with Crippen molar-refractivity contribution in [1.82, 2.24) is 9.80 Å². The molecule has 1 atom stereocenters. The molecule has 0 aliphatic carbocycles. The second kappa shape index (κ2) is 5.82. The lowest BCUT2D eigenvalue weighted by molar-refractivity contribution is -0.130. The number of carbonyl (C=O) groups is 2. The van der Waals surface area contributed by atoms with Crippen LogP contribution in [-0.2, 0) is 18.4 Å². The molecular weight excluding hydrogens is 259 g/mol. The van der Waals surface area contributed by atoms with Crippen LogP contribution in [0.4, 0.5) is 4.79 Å². The molecule has 0 saturated carbocycles. The Morgan fingerprint density at radius 1 is 1.22 bits per heavy atom. The van der Waals surface area contributed by atoms with E-state index in [1.165, 1.54) is 19.0 Å². The van der Waals surface area contributed by atoms with Gasteiger partial charge in [0.05, 0.1) is 19.6 Å². The summed E-state index contributed by atoms with van der Waals surface area (Å²) in [5.41, 5.74) is 0. The third-order valence-electron chi connectivity index (χ3n) is 2.75. The summed E-state index contributed by atoms with van der Waals surface area (Å²) in [5.74, 6) is -1.24. The number of carbonyl (C=O) groups excluding carboxylic acids is 2. The predicted octanol–water partition coefficient (Wildman–Crippen LogP) is 1.49. The number of hydrogen-bond acceptors (Lipinski definition) is 5. The first-order valence-electron chi connectivity index (χ1n) is 5.79. The summed E-state index contributed by atoms with van der Waals surface area (Å²) in [5, 5.41) is 0. The number of amides is 3. The highest BCUT2D eigenvalue weighted by Gasteiger charge is 2.46. The second-order valence-electron chi connectivity index (χ2n) is 3.91. The molecule has 0 aromatic carbocycles. The Labute approximate surface area is 107 Å². The van der Waals surface area contributed by atoms with Crippen LogP contribution in [0, 0.1) is 0 Å². The fraction of sp³-hybridized carbons (Fsp3) is 0.800. The molecule has 1 rings (SSSR count). The van der Waals surface area contributed by atoms with Gasteiger partial charge in [0.1, 0.15) is 5.78 Å². The Morgan fingerprint density at radius 3 is 2.17 bits per heavy atom. The average molecular weight is 278 g/mol. The molecule has 3 amide bonds. The minimum atomic E-state index is -3.49. The molecule has 1 fully saturated rings.